The molecule has 0 saturated heterocycles. The standard InChI is InChI=1S/C15H17F2N3O4S2/c1-9-13(10-4-6-11(7-5-10)24-14(16)17)19-15(25-9)18-12(21)8-20(2)26(3,22)23/h4-7,14H,8H2,1-3H3,(H,18,19,21). The fourth-order valence-electron chi connectivity index (χ4n) is 1.99. The summed E-state index contributed by atoms with van der Waals surface area (Å²) in [6.07, 6.45) is 1.01. The Labute approximate surface area is 153 Å². The van der Waals surface area contributed by atoms with E-state index in [1.165, 1.54) is 30.5 Å². The summed E-state index contributed by atoms with van der Waals surface area (Å²) in [4.78, 5) is 17.1. The number of carbonyl (C=O) groups excluding carboxylic acids is 1. The van der Waals surface area contributed by atoms with Gasteiger partial charge in [0.2, 0.25) is 15.9 Å². The van der Waals surface area contributed by atoms with Gasteiger partial charge in [0, 0.05) is 17.5 Å². The van der Waals surface area contributed by atoms with Gasteiger partial charge in [-0.2, -0.15) is 13.1 Å². The maximum Gasteiger partial charge on any atom is 0.387 e. The van der Waals surface area contributed by atoms with Crippen LogP contribution in [0.1, 0.15) is 4.88 Å². The molecule has 0 aliphatic rings. The van der Waals surface area contributed by atoms with Gasteiger partial charge in [-0.05, 0) is 31.2 Å². The second-order valence-electron chi connectivity index (χ2n) is 5.39. The Balaban J connectivity index is 2.10. The topological polar surface area (TPSA) is 88.6 Å². The molecule has 0 aliphatic heterocycles. The molecule has 0 fully saturated rings. The summed E-state index contributed by atoms with van der Waals surface area (Å²) >= 11 is 1.22. The molecule has 26 heavy (non-hydrogen) atoms. The Morgan fingerprint density at radius 1 is 1.35 bits per heavy atom. The molecule has 0 bridgehead atoms. The number of alkyl halides is 2. The minimum atomic E-state index is -3.46. The highest BCUT2D eigenvalue weighted by Crippen LogP contribution is 2.31. The molecule has 0 radical (unpaired) electrons. The van der Waals surface area contributed by atoms with E-state index in [1.807, 2.05) is 0 Å². The number of anilines is 1. The second kappa shape index (κ2) is 8.06. The zero-order valence-electron chi connectivity index (χ0n) is 14.2. The first kappa shape index (κ1) is 20.2. The smallest absolute Gasteiger partial charge is 0.387 e. The number of amides is 1. The molecule has 11 heteroatoms. The molecule has 0 atom stereocenters. The molecule has 142 valence electrons. The number of sulfonamides is 1. The average molecular weight is 405 g/mol. The van der Waals surface area contributed by atoms with Gasteiger partial charge in [0.05, 0.1) is 18.5 Å². The number of aromatic nitrogens is 1. The van der Waals surface area contributed by atoms with Gasteiger partial charge >= 0.3 is 6.61 Å². The summed E-state index contributed by atoms with van der Waals surface area (Å²) in [5, 5.41) is 2.87. The molecular formula is C15H17F2N3O4S2. The van der Waals surface area contributed by atoms with Crippen LogP contribution in [-0.4, -0.2) is 50.1 Å². The van der Waals surface area contributed by atoms with Crippen molar-refractivity contribution in [1.29, 1.82) is 0 Å². The summed E-state index contributed by atoms with van der Waals surface area (Å²) < 4.78 is 52.2. The predicted octanol–water partition coefficient (Wildman–Crippen LogP) is 2.55. The largest absolute Gasteiger partial charge is 0.435 e. The molecule has 0 spiro atoms. The van der Waals surface area contributed by atoms with Gasteiger partial charge in [-0.15, -0.1) is 11.3 Å². The van der Waals surface area contributed by atoms with E-state index < -0.39 is 22.5 Å². The van der Waals surface area contributed by atoms with Gasteiger partial charge in [0.25, 0.3) is 0 Å². The Morgan fingerprint density at radius 3 is 2.50 bits per heavy atom. The van der Waals surface area contributed by atoms with Crippen LogP contribution >= 0.6 is 11.3 Å². The Morgan fingerprint density at radius 2 is 1.96 bits per heavy atom. The normalized spacial score (nSPS) is 11.8. The quantitative estimate of drug-likeness (QED) is 0.765. The lowest BCUT2D eigenvalue weighted by atomic mass is 10.1. The number of benzene rings is 1. The van der Waals surface area contributed by atoms with Crippen LogP contribution in [0, 0.1) is 6.92 Å². The van der Waals surface area contributed by atoms with E-state index in [9.17, 15) is 22.0 Å². The summed E-state index contributed by atoms with van der Waals surface area (Å²) in [5.41, 5.74) is 1.26. The molecule has 1 aromatic carbocycles. The summed E-state index contributed by atoms with van der Waals surface area (Å²) in [6.45, 7) is -1.42. The van der Waals surface area contributed by atoms with Crippen LogP contribution in [0.4, 0.5) is 13.9 Å². The first-order valence-electron chi connectivity index (χ1n) is 7.30. The number of nitrogens with one attached hydrogen (secondary N) is 1. The van der Waals surface area contributed by atoms with E-state index in [0.717, 1.165) is 15.4 Å². The van der Waals surface area contributed by atoms with E-state index in [-0.39, 0.29) is 12.3 Å². The molecule has 0 aliphatic carbocycles. The third kappa shape index (κ3) is 5.44. The van der Waals surface area contributed by atoms with Gasteiger partial charge in [-0.25, -0.2) is 13.4 Å². The third-order valence-electron chi connectivity index (χ3n) is 3.33. The molecule has 1 amide bonds. The number of carbonyl (C=O) groups is 1. The van der Waals surface area contributed by atoms with Crippen LogP contribution in [-0.2, 0) is 14.8 Å². The number of hydrogen-bond acceptors (Lipinski definition) is 6. The highest BCUT2D eigenvalue weighted by Gasteiger charge is 2.17. The highest BCUT2D eigenvalue weighted by atomic mass is 32.2. The number of ether oxygens (including phenoxy) is 1. The molecule has 1 N–H and O–H groups in total. The molecule has 7 nitrogen and oxygen atoms in total. The van der Waals surface area contributed by atoms with Crippen LogP contribution in [0.5, 0.6) is 5.75 Å². The van der Waals surface area contributed by atoms with Crippen molar-refractivity contribution in [2.45, 2.75) is 13.5 Å². The second-order valence-corrected chi connectivity index (χ2v) is 8.69. The number of hydrogen-bond donors (Lipinski definition) is 1. The van der Waals surface area contributed by atoms with Crippen molar-refractivity contribution in [2.75, 3.05) is 25.2 Å². The van der Waals surface area contributed by atoms with Crippen molar-refractivity contribution in [1.82, 2.24) is 9.29 Å². The number of aryl methyl sites for hydroxylation is 1. The predicted molar refractivity (Wildman–Crippen MR) is 95.0 cm³/mol. The summed E-state index contributed by atoms with van der Waals surface area (Å²) in [7, 11) is -2.16. The van der Waals surface area contributed by atoms with Crippen molar-refractivity contribution in [3.8, 4) is 17.0 Å². The number of thiazole rings is 1. The highest BCUT2D eigenvalue weighted by molar-refractivity contribution is 7.88. The van der Waals surface area contributed by atoms with Gasteiger partial charge in [-0.1, -0.05) is 0 Å². The fraction of sp³-hybridized carbons (Fsp3) is 0.333. The minimum absolute atomic E-state index is 0.0361. The summed E-state index contributed by atoms with van der Waals surface area (Å²) in [6, 6.07) is 5.98. The summed E-state index contributed by atoms with van der Waals surface area (Å²) in [5.74, 6) is -0.479. The Bertz CT molecular complexity index is 883. The van der Waals surface area contributed by atoms with E-state index in [0.29, 0.717) is 16.4 Å². The number of nitrogens with zero attached hydrogens (tertiary/aromatic N) is 2. The third-order valence-corrected chi connectivity index (χ3v) is 5.48. The Kier molecular flexibility index (Phi) is 6.26. The van der Waals surface area contributed by atoms with Crippen molar-refractivity contribution < 1.29 is 26.7 Å². The van der Waals surface area contributed by atoms with Crippen LogP contribution < -0.4 is 10.1 Å². The molecule has 0 unspecified atom stereocenters. The van der Waals surface area contributed by atoms with E-state index in [1.54, 1.807) is 19.1 Å². The average Bonchev–Trinajstić information content (AvgIpc) is 2.86. The molecule has 0 saturated carbocycles. The Hall–Kier alpha value is -2.11. The monoisotopic (exact) mass is 405 g/mol. The lowest BCUT2D eigenvalue weighted by molar-refractivity contribution is -0.116. The number of rotatable bonds is 7. The van der Waals surface area contributed by atoms with Crippen molar-refractivity contribution in [3.63, 3.8) is 0 Å². The fourth-order valence-corrected chi connectivity index (χ4v) is 3.19. The minimum Gasteiger partial charge on any atom is -0.435 e. The van der Waals surface area contributed by atoms with Gasteiger partial charge < -0.3 is 10.1 Å². The van der Waals surface area contributed by atoms with Gasteiger partial charge in [0.1, 0.15) is 5.75 Å². The van der Waals surface area contributed by atoms with E-state index in [2.05, 4.69) is 15.0 Å². The maximum atomic E-state index is 12.2. The van der Waals surface area contributed by atoms with Crippen molar-refractivity contribution in [2.24, 2.45) is 0 Å². The zero-order chi connectivity index (χ0) is 19.5. The van der Waals surface area contributed by atoms with Crippen LogP contribution in [0.3, 0.4) is 0 Å². The first-order chi connectivity index (χ1) is 12.1. The molecule has 2 aromatic rings. The zero-order valence-corrected chi connectivity index (χ0v) is 15.8. The van der Waals surface area contributed by atoms with Crippen LogP contribution in [0.25, 0.3) is 11.3 Å². The van der Waals surface area contributed by atoms with Gasteiger partial charge in [0.15, 0.2) is 5.13 Å². The van der Waals surface area contributed by atoms with E-state index in [4.69, 9.17) is 0 Å². The van der Waals surface area contributed by atoms with Crippen molar-refractivity contribution in [3.05, 3.63) is 29.1 Å². The number of halogens is 2. The maximum absolute atomic E-state index is 12.2. The lowest BCUT2D eigenvalue weighted by Gasteiger charge is -2.12. The lowest BCUT2D eigenvalue weighted by Crippen LogP contribution is -2.34. The van der Waals surface area contributed by atoms with Gasteiger partial charge in [-0.3, -0.25) is 4.79 Å². The molecule has 1 aromatic heterocycles. The van der Waals surface area contributed by atoms with E-state index >= 15 is 0 Å². The SMILES string of the molecule is Cc1sc(NC(=O)CN(C)S(C)(=O)=O)nc1-c1ccc(OC(F)F)cc1. The molecular weight excluding hydrogens is 388 g/mol. The molecule has 1 heterocycles. The van der Waals surface area contributed by atoms with Crippen molar-refractivity contribution >= 4 is 32.4 Å². The number of likely N-dealkylation sites (N-methyl/N-ethyl adjacent to an activating group) is 1. The van der Waals surface area contributed by atoms with Crippen LogP contribution in [0.2, 0.25) is 0 Å². The molecule has 2 rings (SSSR count). The first-order valence-corrected chi connectivity index (χ1v) is 9.96. The van der Waals surface area contributed by atoms with Crippen LogP contribution in [0.15, 0.2) is 24.3 Å².